The molecule has 4 aromatic rings. The molecule has 0 aliphatic rings. The zero-order valence-corrected chi connectivity index (χ0v) is 19.8. The number of hydrogen-bond acceptors (Lipinski definition) is 5. The first-order valence-electron chi connectivity index (χ1n) is 11.0. The molecule has 176 valence electrons. The Morgan fingerprint density at radius 3 is 2.53 bits per heavy atom. The molecule has 0 spiro atoms. The minimum Gasteiger partial charge on any atom is -0.497 e. The molecule has 0 fully saturated rings. The Hall–Kier alpha value is -4.07. The predicted molar refractivity (Wildman–Crippen MR) is 131 cm³/mol. The maximum Gasteiger partial charge on any atom is 0.263 e. The van der Waals surface area contributed by atoms with E-state index in [1.54, 1.807) is 26.4 Å². The van der Waals surface area contributed by atoms with Gasteiger partial charge >= 0.3 is 0 Å². The molecule has 0 saturated carbocycles. The summed E-state index contributed by atoms with van der Waals surface area (Å²) in [7, 11) is 3.17. The van der Waals surface area contributed by atoms with E-state index in [4.69, 9.17) is 9.47 Å². The summed E-state index contributed by atoms with van der Waals surface area (Å²) in [5.41, 5.74) is 4.09. The zero-order valence-electron chi connectivity index (χ0n) is 19.8. The normalized spacial score (nSPS) is 10.9. The van der Waals surface area contributed by atoms with Crippen LogP contribution < -0.4 is 20.3 Å². The number of fused-ring (bicyclic) bond motifs is 1. The van der Waals surface area contributed by atoms with Crippen LogP contribution in [-0.2, 0) is 17.9 Å². The van der Waals surface area contributed by atoms with E-state index < -0.39 is 0 Å². The van der Waals surface area contributed by atoms with Crippen molar-refractivity contribution >= 4 is 16.9 Å². The van der Waals surface area contributed by atoms with Crippen LogP contribution in [0.3, 0.4) is 0 Å². The molecule has 0 aliphatic heterocycles. The Balaban J connectivity index is 1.50. The molecule has 2 aromatic carbocycles. The zero-order chi connectivity index (χ0) is 24.2. The van der Waals surface area contributed by atoms with E-state index in [9.17, 15) is 9.59 Å². The maximum absolute atomic E-state index is 13.2. The van der Waals surface area contributed by atoms with Gasteiger partial charge in [-0.25, -0.2) is 4.98 Å². The van der Waals surface area contributed by atoms with E-state index in [0.717, 1.165) is 22.5 Å². The lowest BCUT2D eigenvalue weighted by atomic mass is 10.2. The fourth-order valence-corrected chi connectivity index (χ4v) is 4.06. The SMILES string of the molecule is COc1ccc(OC)c(CNC(=O)CCn2cnc3c(c(C)c(C)n3-c3ccccc3)c2=O)c1. The predicted octanol–water partition coefficient (Wildman–Crippen LogP) is 3.53. The largest absolute Gasteiger partial charge is 0.497 e. The van der Waals surface area contributed by atoms with E-state index in [1.165, 1.54) is 10.9 Å². The molecule has 0 unspecified atom stereocenters. The standard InChI is InChI=1S/C26H28N4O4/c1-17-18(2)30(20-8-6-5-7-9-20)25-24(17)26(32)29(16-28-25)13-12-23(31)27-15-19-14-21(33-3)10-11-22(19)34-4/h5-11,14,16H,12-13,15H2,1-4H3,(H,27,31). The molecule has 0 saturated heterocycles. The first-order valence-corrected chi connectivity index (χ1v) is 11.0. The van der Waals surface area contributed by atoms with Crippen LogP contribution in [-0.4, -0.2) is 34.2 Å². The highest BCUT2D eigenvalue weighted by Gasteiger charge is 2.18. The summed E-state index contributed by atoms with van der Waals surface area (Å²) in [5, 5.41) is 3.46. The van der Waals surface area contributed by atoms with E-state index in [1.807, 2.05) is 54.8 Å². The van der Waals surface area contributed by atoms with Crippen molar-refractivity contribution in [3.63, 3.8) is 0 Å². The number of hydrogen-bond donors (Lipinski definition) is 1. The van der Waals surface area contributed by atoms with Crippen molar-refractivity contribution in [3.8, 4) is 17.2 Å². The Morgan fingerprint density at radius 2 is 1.82 bits per heavy atom. The smallest absolute Gasteiger partial charge is 0.263 e. The number of nitrogens with zero attached hydrogens (tertiary/aromatic N) is 3. The van der Waals surface area contributed by atoms with Gasteiger partial charge in [-0.05, 0) is 49.7 Å². The fourth-order valence-electron chi connectivity index (χ4n) is 4.06. The Kier molecular flexibility index (Phi) is 6.67. The molecular formula is C26H28N4O4. The van der Waals surface area contributed by atoms with Gasteiger partial charge in [0.05, 0.1) is 25.9 Å². The highest BCUT2D eigenvalue weighted by Crippen LogP contribution is 2.25. The second kappa shape index (κ2) is 9.82. The first kappa shape index (κ1) is 23.1. The van der Waals surface area contributed by atoms with Gasteiger partial charge in [-0.15, -0.1) is 0 Å². The van der Waals surface area contributed by atoms with E-state index in [-0.39, 0.29) is 24.4 Å². The number of methoxy groups -OCH3 is 2. The topological polar surface area (TPSA) is 87.4 Å². The third kappa shape index (κ3) is 4.39. The molecule has 8 nitrogen and oxygen atoms in total. The number of ether oxygens (including phenoxy) is 2. The summed E-state index contributed by atoms with van der Waals surface area (Å²) >= 11 is 0. The summed E-state index contributed by atoms with van der Waals surface area (Å²) in [6.07, 6.45) is 1.66. The van der Waals surface area contributed by atoms with Crippen molar-refractivity contribution in [2.75, 3.05) is 14.2 Å². The molecule has 0 radical (unpaired) electrons. The average Bonchev–Trinajstić information content (AvgIpc) is 3.12. The van der Waals surface area contributed by atoms with Gasteiger partial charge in [0.25, 0.3) is 5.56 Å². The number of nitrogens with one attached hydrogen (secondary N) is 1. The number of para-hydroxylation sites is 1. The quantitative estimate of drug-likeness (QED) is 0.435. The van der Waals surface area contributed by atoms with E-state index in [0.29, 0.717) is 29.1 Å². The number of carbonyl (C=O) groups is 1. The highest BCUT2D eigenvalue weighted by atomic mass is 16.5. The Labute approximate surface area is 197 Å². The number of benzene rings is 2. The third-order valence-electron chi connectivity index (χ3n) is 6.04. The minimum atomic E-state index is -0.174. The summed E-state index contributed by atoms with van der Waals surface area (Å²) < 4.78 is 14.1. The van der Waals surface area contributed by atoms with Crippen LogP contribution in [0.2, 0.25) is 0 Å². The highest BCUT2D eigenvalue weighted by molar-refractivity contribution is 5.83. The van der Waals surface area contributed by atoms with Gasteiger partial charge in [0.15, 0.2) is 5.65 Å². The Bertz CT molecular complexity index is 1390. The lowest BCUT2D eigenvalue weighted by molar-refractivity contribution is -0.121. The van der Waals surface area contributed by atoms with Crippen molar-refractivity contribution in [2.24, 2.45) is 0 Å². The third-order valence-corrected chi connectivity index (χ3v) is 6.04. The molecule has 1 amide bonds. The average molecular weight is 461 g/mol. The summed E-state index contributed by atoms with van der Waals surface area (Å²) in [4.78, 5) is 30.3. The van der Waals surface area contributed by atoms with Crippen LogP contribution >= 0.6 is 0 Å². The van der Waals surface area contributed by atoms with Crippen LogP contribution in [0.4, 0.5) is 0 Å². The lowest BCUT2D eigenvalue weighted by Crippen LogP contribution is -2.27. The molecule has 4 rings (SSSR count). The number of aromatic nitrogens is 3. The van der Waals surface area contributed by atoms with Crippen molar-refractivity contribution < 1.29 is 14.3 Å². The van der Waals surface area contributed by atoms with Gasteiger partial charge < -0.3 is 14.8 Å². The number of rotatable bonds is 8. The van der Waals surface area contributed by atoms with Crippen LogP contribution in [0.1, 0.15) is 23.2 Å². The van der Waals surface area contributed by atoms with Crippen LogP contribution in [0, 0.1) is 13.8 Å². The second-order valence-electron chi connectivity index (χ2n) is 8.03. The minimum absolute atomic E-state index is 0.150. The van der Waals surface area contributed by atoms with Gasteiger partial charge in [-0.3, -0.25) is 18.7 Å². The van der Waals surface area contributed by atoms with E-state index in [2.05, 4.69) is 10.3 Å². The van der Waals surface area contributed by atoms with Crippen molar-refractivity contribution in [1.29, 1.82) is 0 Å². The summed E-state index contributed by atoms with van der Waals surface area (Å²) in [6, 6.07) is 15.3. The fraction of sp³-hybridized carbons (Fsp3) is 0.269. The molecular weight excluding hydrogens is 432 g/mol. The monoisotopic (exact) mass is 460 g/mol. The van der Waals surface area contributed by atoms with Gasteiger partial charge in [0.2, 0.25) is 5.91 Å². The van der Waals surface area contributed by atoms with Crippen molar-refractivity contribution in [1.82, 2.24) is 19.4 Å². The number of aryl methyl sites for hydroxylation is 2. The first-order chi connectivity index (χ1) is 16.4. The molecule has 34 heavy (non-hydrogen) atoms. The molecule has 0 bridgehead atoms. The molecule has 1 N–H and O–H groups in total. The van der Waals surface area contributed by atoms with Crippen LogP contribution in [0.25, 0.3) is 16.7 Å². The van der Waals surface area contributed by atoms with Crippen LogP contribution in [0.5, 0.6) is 11.5 Å². The van der Waals surface area contributed by atoms with E-state index >= 15 is 0 Å². The Morgan fingerprint density at radius 1 is 1.06 bits per heavy atom. The molecule has 0 aliphatic carbocycles. The molecule has 8 heteroatoms. The maximum atomic E-state index is 13.2. The molecule has 2 heterocycles. The van der Waals surface area contributed by atoms with Gasteiger partial charge in [0.1, 0.15) is 11.5 Å². The van der Waals surface area contributed by atoms with Gasteiger partial charge in [0, 0.05) is 36.5 Å². The van der Waals surface area contributed by atoms with Gasteiger partial charge in [-0.1, -0.05) is 18.2 Å². The van der Waals surface area contributed by atoms with Crippen LogP contribution in [0.15, 0.2) is 59.7 Å². The molecule has 0 atom stereocenters. The number of carbonyl (C=O) groups excluding carboxylic acids is 1. The summed E-state index contributed by atoms with van der Waals surface area (Å²) in [5.74, 6) is 1.18. The van der Waals surface area contributed by atoms with Crippen molar-refractivity contribution in [2.45, 2.75) is 33.4 Å². The van der Waals surface area contributed by atoms with Gasteiger partial charge in [-0.2, -0.15) is 0 Å². The lowest BCUT2D eigenvalue weighted by Gasteiger charge is -2.12. The second-order valence-corrected chi connectivity index (χ2v) is 8.03. The van der Waals surface area contributed by atoms with Crippen molar-refractivity contribution in [3.05, 3.63) is 82.0 Å². The summed E-state index contributed by atoms with van der Waals surface area (Å²) in [6.45, 7) is 4.44. The molecule has 2 aromatic heterocycles. The number of amides is 1.